The van der Waals surface area contributed by atoms with Gasteiger partial charge in [-0.3, -0.25) is 9.59 Å². The van der Waals surface area contributed by atoms with Gasteiger partial charge in [0.05, 0.1) is 11.3 Å². The van der Waals surface area contributed by atoms with E-state index in [0.717, 1.165) is 10.0 Å². The molecule has 0 aromatic heterocycles. The molecule has 3 aromatic rings. The highest BCUT2D eigenvalue weighted by Gasteiger charge is 2.40. The topological polar surface area (TPSA) is 49.4 Å². The van der Waals surface area contributed by atoms with Crippen molar-refractivity contribution in [3.05, 3.63) is 99.1 Å². The Balaban J connectivity index is 1.82. The number of hydrogen-bond acceptors (Lipinski definition) is 3. The normalized spacial score (nSPS) is 14.0. The lowest BCUT2D eigenvalue weighted by atomic mass is 10.0. The zero-order valence-electron chi connectivity index (χ0n) is 15.4. The summed E-state index contributed by atoms with van der Waals surface area (Å²) < 4.78 is 0.781. The Morgan fingerprint density at radius 2 is 1.66 bits per heavy atom. The van der Waals surface area contributed by atoms with Crippen LogP contribution in [0.1, 0.15) is 11.1 Å². The molecular weight excluding hydrogens is 452 g/mol. The second-order valence-corrected chi connectivity index (χ2v) is 7.95. The Bertz CT molecular complexity index is 1160. The first kappa shape index (κ1) is 19.4. The number of nitrogens with one attached hydrogen (secondary N) is 1. The number of halogens is 2. The summed E-state index contributed by atoms with van der Waals surface area (Å²) in [7, 11) is 0. The van der Waals surface area contributed by atoms with Crippen molar-refractivity contribution in [2.24, 2.45) is 0 Å². The maximum atomic E-state index is 13.3. The number of rotatable bonds is 4. The van der Waals surface area contributed by atoms with E-state index in [2.05, 4.69) is 21.2 Å². The number of carbonyl (C=O) groups is 2. The maximum Gasteiger partial charge on any atom is 0.282 e. The van der Waals surface area contributed by atoms with Gasteiger partial charge in [0, 0.05) is 15.2 Å². The lowest BCUT2D eigenvalue weighted by molar-refractivity contribution is -0.120. The molecule has 0 atom stereocenters. The number of anilines is 2. The molecule has 0 saturated carbocycles. The standard InChI is InChI=1S/C23H16BrClN2O2/c1-14-10-11-17(13-19(14)25)26-21-20(15-6-3-2-4-7-15)22(28)27(23(21)29)18-9-5-8-16(24)12-18/h2-13,26H,1H3. The number of hydrogen-bond donors (Lipinski definition) is 1. The zero-order chi connectivity index (χ0) is 20.5. The fraction of sp³-hybridized carbons (Fsp3) is 0.0435. The van der Waals surface area contributed by atoms with Gasteiger partial charge in [-0.1, -0.05) is 70.0 Å². The molecular formula is C23H16BrClN2O2. The molecule has 1 aliphatic heterocycles. The molecule has 0 unspecified atom stereocenters. The lowest BCUT2D eigenvalue weighted by Gasteiger charge is -2.15. The molecule has 0 fully saturated rings. The molecule has 0 saturated heterocycles. The number of amides is 2. The van der Waals surface area contributed by atoms with E-state index in [1.54, 1.807) is 24.3 Å². The average molecular weight is 468 g/mol. The molecule has 1 aliphatic rings. The smallest absolute Gasteiger partial charge is 0.282 e. The van der Waals surface area contributed by atoms with Crippen LogP contribution < -0.4 is 10.2 Å². The van der Waals surface area contributed by atoms with Gasteiger partial charge in [0.1, 0.15) is 5.70 Å². The van der Waals surface area contributed by atoms with Crippen molar-refractivity contribution in [2.45, 2.75) is 6.92 Å². The first-order valence-corrected chi connectivity index (χ1v) is 10.1. The van der Waals surface area contributed by atoms with Crippen LogP contribution >= 0.6 is 27.5 Å². The third-order valence-corrected chi connectivity index (χ3v) is 5.55. The van der Waals surface area contributed by atoms with Gasteiger partial charge >= 0.3 is 0 Å². The summed E-state index contributed by atoms with van der Waals surface area (Å²) in [6.45, 7) is 1.90. The Labute approximate surface area is 181 Å². The highest BCUT2D eigenvalue weighted by Crippen LogP contribution is 2.35. The summed E-state index contributed by atoms with van der Waals surface area (Å²) in [5.74, 6) is -0.788. The van der Waals surface area contributed by atoms with Crippen LogP contribution in [0.5, 0.6) is 0 Å². The van der Waals surface area contributed by atoms with E-state index < -0.39 is 5.91 Å². The van der Waals surface area contributed by atoms with Crippen molar-refractivity contribution in [3.63, 3.8) is 0 Å². The molecule has 0 aliphatic carbocycles. The number of imide groups is 1. The number of aryl methyl sites for hydroxylation is 1. The van der Waals surface area contributed by atoms with Crippen molar-refractivity contribution in [1.29, 1.82) is 0 Å². The van der Waals surface area contributed by atoms with Crippen molar-refractivity contribution >= 4 is 56.3 Å². The van der Waals surface area contributed by atoms with Crippen LogP contribution in [0, 0.1) is 6.92 Å². The summed E-state index contributed by atoms with van der Waals surface area (Å²) >= 11 is 9.64. The fourth-order valence-electron chi connectivity index (χ4n) is 3.18. The molecule has 144 valence electrons. The number of carbonyl (C=O) groups excluding carboxylic acids is 2. The summed E-state index contributed by atoms with van der Waals surface area (Å²) in [5.41, 5.74) is 3.29. The Morgan fingerprint density at radius 3 is 2.34 bits per heavy atom. The molecule has 1 heterocycles. The lowest BCUT2D eigenvalue weighted by Crippen LogP contribution is -2.32. The highest BCUT2D eigenvalue weighted by atomic mass is 79.9. The summed E-state index contributed by atoms with van der Waals surface area (Å²) in [6, 6.07) is 21.7. The van der Waals surface area contributed by atoms with Crippen LogP contribution in [0.3, 0.4) is 0 Å². The third-order valence-electron chi connectivity index (χ3n) is 4.65. The Kier molecular flexibility index (Phi) is 5.26. The number of benzene rings is 3. The molecule has 6 heteroatoms. The van der Waals surface area contributed by atoms with Crippen LogP contribution in [0.4, 0.5) is 11.4 Å². The van der Waals surface area contributed by atoms with Gasteiger partial charge in [0.25, 0.3) is 11.8 Å². The van der Waals surface area contributed by atoms with Crippen molar-refractivity contribution in [1.82, 2.24) is 0 Å². The van der Waals surface area contributed by atoms with Gasteiger partial charge in [-0.2, -0.15) is 0 Å². The molecule has 3 aromatic carbocycles. The fourth-order valence-corrected chi connectivity index (χ4v) is 3.75. The number of nitrogens with zero attached hydrogens (tertiary/aromatic N) is 1. The van der Waals surface area contributed by atoms with E-state index in [-0.39, 0.29) is 11.6 Å². The van der Waals surface area contributed by atoms with Crippen LogP contribution in [0.2, 0.25) is 5.02 Å². The van der Waals surface area contributed by atoms with Crippen LogP contribution in [-0.2, 0) is 9.59 Å². The minimum Gasteiger partial charge on any atom is -0.350 e. The van der Waals surface area contributed by atoms with E-state index in [1.165, 1.54) is 4.90 Å². The van der Waals surface area contributed by atoms with Gasteiger partial charge in [0.15, 0.2) is 0 Å². The SMILES string of the molecule is Cc1ccc(NC2=C(c3ccccc3)C(=O)N(c3cccc(Br)c3)C2=O)cc1Cl. The van der Waals surface area contributed by atoms with Crippen molar-refractivity contribution in [2.75, 3.05) is 10.2 Å². The predicted octanol–water partition coefficient (Wildman–Crippen LogP) is 5.81. The molecule has 4 rings (SSSR count). The van der Waals surface area contributed by atoms with Gasteiger partial charge in [-0.05, 0) is 48.4 Å². The van der Waals surface area contributed by atoms with Gasteiger partial charge in [-0.15, -0.1) is 0 Å². The quantitative estimate of drug-likeness (QED) is 0.493. The summed E-state index contributed by atoms with van der Waals surface area (Å²) in [5, 5.41) is 3.70. The largest absolute Gasteiger partial charge is 0.350 e. The van der Waals surface area contributed by atoms with Gasteiger partial charge < -0.3 is 5.32 Å². The predicted molar refractivity (Wildman–Crippen MR) is 120 cm³/mol. The second kappa shape index (κ2) is 7.85. The summed E-state index contributed by atoms with van der Waals surface area (Å²) in [6.07, 6.45) is 0. The Hall–Kier alpha value is -2.89. The molecule has 0 spiro atoms. The molecule has 1 N–H and O–H groups in total. The molecule has 0 radical (unpaired) electrons. The van der Waals surface area contributed by atoms with Crippen LogP contribution in [-0.4, -0.2) is 11.8 Å². The summed E-state index contributed by atoms with van der Waals surface area (Å²) in [4.78, 5) is 27.8. The van der Waals surface area contributed by atoms with Gasteiger partial charge in [-0.25, -0.2) is 4.90 Å². The minimum atomic E-state index is -0.413. The first-order chi connectivity index (χ1) is 14.0. The van der Waals surface area contributed by atoms with Crippen LogP contribution in [0.25, 0.3) is 5.57 Å². The average Bonchev–Trinajstić information content (AvgIpc) is 2.95. The zero-order valence-corrected chi connectivity index (χ0v) is 17.8. The molecule has 0 bridgehead atoms. The van der Waals surface area contributed by atoms with E-state index >= 15 is 0 Å². The first-order valence-electron chi connectivity index (χ1n) is 8.93. The monoisotopic (exact) mass is 466 g/mol. The molecule has 4 nitrogen and oxygen atoms in total. The molecule has 29 heavy (non-hydrogen) atoms. The molecule has 2 amide bonds. The van der Waals surface area contributed by atoms with Crippen molar-refractivity contribution in [3.8, 4) is 0 Å². The van der Waals surface area contributed by atoms with E-state index in [4.69, 9.17) is 11.6 Å². The second-order valence-electron chi connectivity index (χ2n) is 6.63. The maximum absolute atomic E-state index is 13.3. The van der Waals surface area contributed by atoms with E-state index in [9.17, 15) is 9.59 Å². The van der Waals surface area contributed by atoms with Crippen molar-refractivity contribution < 1.29 is 9.59 Å². The van der Waals surface area contributed by atoms with E-state index in [0.29, 0.717) is 27.5 Å². The third kappa shape index (κ3) is 3.71. The Morgan fingerprint density at radius 1 is 0.897 bits per heavy atom. The van der Waals surface area contributed by atoms with E-state index in [1.807, 2.05) is 55.5 Å². The van der Waals surface area contributed by atoms with Gasteiger partial charge in [0.2, 0.25) is 0 Å². The highest BCUT2D eigenvalue weighted by molar-refractivity contribution is 9.10. The minimum absolute atomic E-state index is 0.223. The van der Waals surface area contributed by atoms with Crippen LogP contribution in [0.15, 0.2) is 83.0 Å².